The molecule has 0 saturated heterocycles. The largest absolute Gasteiger partial charge is 0.493 e. The van der Waals surface area contributed by atoms with Gasteiger partial charge in [0.05, 0.1) is 12.7 Å². The van der Waals surface area contributed by atoms with Gasteiger partial charge in [-0.25, -0.2) is 4.98 Å². The quantitative estimate of drug-likeness (QED) is 0.879. The lowest BCUT2D eigenvalue weighted by molar-refractivity contribution is 0.178. The van der Waals surface area contributed by atoms with E-state index in [-0.39, 0.29) is 0 Å². The summed E-state index contributed by atoms with van der Waals surface area (Å²) >= 11 is 0. The van der Waals surface area contributed by atoms with E-state index in [1.807, 2.05) is 30.3 Å². The van der Waals surface area contributed by atoms with Crippen LogP contribution in [0, 0.1) is 0 Å². The van der Waals surface area contributed by atoms with Crippen LogP contribution in [-0.2, 0) is 12.8 Å². The van der Waals surface area contributed by atoms with Crippen LogP contribution < -0.4 is 10.5 Å². The van der Waals surface area contributed by atoms with Crippen molar-refractivity contribution in [2.75, 3.05) is 12.3 Å². The summed E-state index contributed by atoms with van der Waals surface area (Å²) in [7, 11) is 0. The Labute approximate surface area is 111 Å². The van der Waals surface area contributed by atoms with E-state index in [1.54, 1.807) is 6.20 Å². The van der Waals surface area contributed by atoms with E-state index in [0.29, 0.717) is 12.2 Å². The summed E-state index contributed by atoms with van der Waals surface area (Å²) < 4.78 is 5.46. The number of hydrogen-bond acceptors (Lipinski definition) is 4. The third-order valence-electron chi connectivity index (χ3n) is 3.44. The molecule has 1 aromatic carbocycles. The van der Waals surface area contributed by atoms with Crippen LogP contribution in [0.25, 0.3) is 0 Å². The van der Waals surface area contributed by atoms with Crippen molar-refractivity contribution >= 4 is 5.82 Å². The van der Waals surface area contributed by atoms with Crippen LogP contribution in [0.15, 0.2) is 36.5 Å². The minimum atomic E-state index is -0.572. The predicted octanol–water partition coefficient (Wildman–Crippen LogP) is 1.87. The SMILES string of the molecule is Nc1ncccc1CC(O)c1ccc2c(c1)CCO2. The third-order valence-corrected chi connectivity index (χ3v) is 3.44. The van der Waals surface area contributed by atoms with Crippen molar-refractivity contribution in [2.45, 2.75) is 18.9 Å². The molecule has 19 heavy (non-hydrogen) atoms. The molecule has 2 heterocycles. The summed E-state index contributed by atoms with van der Waals surface area (Å²) in [5, 5.41) is 10.3. The maximum Gasteiger partial charge on any atom is 0.126 e. The van der Waals surface area contributed by atoms with Gasteiger partial charge in [-0.1, -0.05) is 12.1 Å². The molecule has 1 atom stereocenters. The molecule has 4 heteroatoms. The van der Waals surface area contributed by atoms with Gasteiger partial charge >= 0.3 is 0 Å². The first-order chi connectivity index (χ1) is 9.24. The van der Waals surface area contributed by atoms with Gasteiger partial charge in [-0.15, -0.1) is 0 Å². The molecule has 1 aliphatic rings. The highest BCUT2D eigenvalue weighted by atomic mass is 16.5. The number of rotatable bonds is 3. The topological polar surface area (TPSA) is 68.4 Å². The molecule has 4 nitrogen and oxygen atoms in total. The van der Waals surface area contributed by atoms with Crippen molar-refractivity contribution in [3.63, 3.8) is 0 Å². The Balaban J connectivity index is 1.81. The molecule has 0 aliphatic carbocycles. The number of aliphatic hydroxyl groups is 1. The number of aliphatic hydroxyl groups excluding tert-OH is 1. The van der Waals surface area contributed by atoms with Gasteiger partial charge in [-0.05, 0) is 34.9 Å². The molecule has 0 amide bonds. The van der Waals surface area contributed by atoms with Gasteiger partial charge in [-0.3, -0.25) is 0 Å². The maximum absolute atomic E-state index is 10.3. The van der Waals surface area contributed by atoms with Crippen LogP contribution >= 0.6 is 0 Å². The summed E-state index contributed by atoms with van der Waals surface area (Å²) in [5.74, 6) is 1.41. The molecule has 1 aromatic heterocycles. The Bertz CT molecular complexity index is 598. The molecule has 0 saturated carbocycles. The molecular formula is C15H16N2O2. The van der Waals surface area contributed by atoms with Crippen molar-refractivity contribution in [3.8, 4) is 5.75 Å². The van der Waals surface area contributed by atoms with Crippen molar-refractivity contribution in [1.82, 2.24) is 4.98 Å². The Hall–Kier alpha value is -2.07. The van der Waals surface area contributed by atoms with E-state index in [4.69, 9.17) is 10.5 Å². The zero-order valence-corrected chi connectivity index (χ0v) is 10.5. The van der Waals surface area contributed by atoms with Crippen molar-refractivity contribution in [3.05, 3.63) is 53.2 Å². The number of hydrogen-bond donors (Lipinski definition) is 2. The highest BCUT2D eigenvalue weighted by Gasteiger charge is 2.16. The second kappa shape index (κ2) is 4.90. The van der Waals surface area contributed by atoms with Gasteiger partial charge in [0.2, 0.25) is 0 Å². The summed E-state index contributed by atoms with van der Waals surface area (Å²) in [6.07, 6.45) is 2.46. The molecule has 3 N–H and O–H groups in total. The minimum Gasteiger partial charge on any atom is -0.493 e. The summed E-state index contributed by atoms with van der Waals surface area (Å²) in [6.45, 7) is 0.727. The van der Waals surface area contributed by atoms with Crippen LogP contribution in [0.2, 0.25) is 0 Å². The number of ether oxygens (including phenoxy) is 1. The lowest BCUT2D eigenvalue weighted by Gasteiger charge is -2.13. The smallest absolute Gasteiger partial charge is 0.126 e. The Morgan fingerprint density at radius 1 is 1.37 bits per heavy atom. The molecular weight excluding hydrogens is 240 g/mol. The van der Waals surface area contributed by atoms with Crippen LogP contribution in [0.4, 0.5) is 5.82 Å². The minimum absolute atomic E-state index is 0.472. The lowest BCUT2D eigenvalue weighted by atomic mass is 9.99. The zero-order chi connectivity index (χ0) is 13.2. The summed E-state index contributed by atoms with van der Waals surface area (Å²) in [5.41, 5.74) is 8.72. The van der Waals surface area contributed by atoms with Gasteiger partial charge in [0, 0.05) is 19.0 Å². The molecule has 0 radical (unpaired) electrons. The van der Waals surface area contributed by atoms with Gasteiger partial charge in [0.1, 0.15) is 11.6 Å². The fraction of sp³-hybridized carbons (Fsp3) is 0.267. The van der Waals surface area contributed by atoms with Gasteiger partial charge in [-0.2, -0.15) is 0 Å². The van der Waals surface area contributed by atoms with Gasteiger partial charge in [0.15, 0.2) is 0 Å². The van der Waals surface area contributed by atoms with E-state index < -0.39 is 6.10 Å². The lowest BCUT2D eigenvalue weighted by Crippen LogP contribution is -2.05. The van der Waals surface area contributed by atoms with Crippen LogP contribution in [-0.4, -0.2) is 16.7 Å². The van der Waals surface area contributed by atoms with Gasteiger partial charge < -0.3 is 15.6 Å². The number of fused-ring (bicyclic) bond motifs is 1. The molecule has 1 unspecified atom stereocenters. The van der Waals surface area contributed by atoms with Gasteiger partial charge in [0.25, 0.3) is 0 Å². The van der Waals surface area contributed by atoms with E-state index in [1.165, 1.54) is 0 Å². The predicted molar refractivity (Wildman–Crippen MR) is 73.0 cm³/mol. The monoisotopic (exact) mass is 256 g/mol. The second-order valence-electron chi connectivity index (χ2n) is 4.73. The van der Waals surface area contributed by atoms with Crippen LogP contribution in [0.1, 0.15) is 22.8 Å². The van der Waals surface area contributed by atoms with Crippen molar-refractivity contribution in [1.29, 1.82) is 0 Å². The number of pyridine rings is 1. The van der Waals surface area contributed by atoms with Crippen LogP contribution in [0.5, 0.6) is 5.75 Å². The molecule has 0 bridgehead atoms. The van der Waals surface area contributed by atoms with E-state index in [0.717, 1.165) is 35.5 Å². The Kier molecular flexibility index (Phi) is 3.09. The first-order valence-corrected chi connectivity index (χ1v) is 6.37. The van der Waals surface area contributed by atoms with E-state index in [2.05, 4.69) is 4.98 Å². The second-order valence-corrected chi connectivity index (χ2v) is 4.73. The van der Waals surface area contributed by atoms with Crippen LogP contribution in [0.3, 0.4) is 0 Å². The number of nitrogens with zero attached hydrogens (tertiary/aromatic N) is 1. The number of nitrogen functional groups attached to an aromatic ring is 1. The highest BCUT2D eigenvalue weighted by molar-refractivity contribution is 5.42. The highest BCUT2D eigenvalue weighted by Crippen LogP contribution is 2.29. The fourth-order valence-electron chi connectivity index (χ4n) is 2.36. The molecule has 3 rings (SSSR count). The Morgan fingerprint density at radius 3 is 3.11 bits per heavy atom. The maximum atomic E-state index is 10.3. The average molecular weight is 256 g/mol. The summed E-state index contributed by atoms with van der Waals surface area (Å²) in [6, 6.07) is 9.56. The Morgan fingerprint density at radius 2 is 2.26 bits per heavy atom. The standard InChI is InChI=1S/C15H16N2O2/c16-15-12(2-1-6-17-15)9-13(18)10-3-4-14-11(8-10)5-7-19-14/h1-4,6,8,13,18H,5,7,9H2,(H2,16,17). The molecule has 98 valence electrons. The van der Waals surface area contributed by atoms with E-state index >= 15 is 0 Å². The zero-order valence-electron chi connectivity index (χ0n) is 10.5. The first-order valence-electron chi connectivity index (χ1n) is 6.37. The molecule has 1 aliphatic heterocycles. The first kappa shape index (κ1) is 12.0. The molecule has 2 aromatic rings. The number of nitrogens with two attached hydrogens (primary N) is 1. The van der Waals surface area contributed by atoms with Crippen molar-refractivity contribution < 1.29 is 9.84 Å². The number of aromatic nitrogens is 1. The number of anilines is 1. The number of benzene rings is 1. The molecule has 0 spiro atoms. The summed E-state index contributed by atoms with van der Waals surface area (Å²) in [4.78, 5) is 4.03. The van der Waals surface area contributed by atoms with E-state index in [9.17, 15) is 5.11 Å². The van der Waals surface area contributed by atoms with Crippen molar-refractivity contribution in [2.24, 2.45) is 0 Å². The fourth-order valence-corrected chi connectivity index (χ4v) is 2.36. The normalized spacial score (nSPS) is 14.8. The average Bonchev–Trinajstić information content (AvgIpc) is 2.88. The molecule has 0 fully saturated rings. The third kappa shape index (κ3) is 2.39.